The molecule has 0 spiro atoms. The van der Waals surface area contributed by atoms with Gasteiger partial charge in [0.2, 0.25) is 11.8 Å². The molecule has 2 aromatic carbocycles. The first-order chi connectivity index (χ1) is 23.4. The van der Waals surface area contributed by atoms with Gasteiger partial charge in [-0.1, -0.05) is 71.0 Å². The van der Waals surface area contributed by atoms with Gasteiger partial charge in [0.15, 0.2) is 11.6 Å². The van der Waals surface area contributed by atoms with Gasteiger partial charge in [-0.25, -0.2) is 18.7 Å². The van der Waals surface area contributed by atoms with E-state index in [1.165, 1.54) is 9.80 Å². The normalized spacial score (nSPS) is 20.8. The van der Waals surface area contributed by atoms with Crippen LogP contribution in [0.15, 0.2) is 82.1 Å². The van der Waals surface area contributed by atoms with Crippen molar-refractivity contribution in [2.45, 2.75) is 63.0 Å². The number of halogens is 2. The molecule has 3 aromatic heterocycles. The minimum absolute atomic E-state index is 0.000441. The van der Waals surface area contributed by atoms with Gasteiger partial charge < -0.3 is 18.8 Å². The molecule has 0 radical (unpaired) electrons. The molecule has 12 nitrogen and oxygen atoms in total. The van der Waals surface area contributed by atoms with E-state index >= 15 is 0 Å². The molecule has 2 fully saturated rings. The van der Waals surface area contributed by atoms with Crippen molar-refractivity contribution < 1.29 is 27.4 Å². The van der Waals surface area contributed by atoms with E-state index in [0.29, 0.717) is 37.3 Å². The quantitative estimate of drug-likeness (QED) is 0.208. The fourth-order valence-electron chi connectivity index (χ4n) is 6.14. The molecular weight excluding hydrogens is 622 g/mol. The number of nitrogens with zero attached hydrogens (tertiary/aromatic N) is 8. The third kappa shape index (κ3) is 6.82. The summed E-state index contributed by atoms with van der Waals surface area (Å²) in [4.78, 5) is 46.7. The second kappa shape index (κ2) is 13.8. The predicted molar refractivity (Wildman–Crippen MR) is 165 cm³/mol. The largest absolute Gasteiger partial charge is 0.337 e. The van der Waals surface area contributed by atoms with Crippen LogP contribution in [0.1, 0.15) is 80.5 Å². The van der Waals surface area contributed by atoms with Gasteiger partial charge in [0, 0.05) is 25.7 Å². The summed E-state index contributed by atoms with van der Waals surface area (Å²) < 4.78 is 40.1. The number of aryl methyl sites for hydroxylation is 4. The highest BCUT2D eigenvalue weighted by molar-refractivity contribution is 5.95. The summed E-state index contributed by atoms with van der Waals surface area (Å²) in [6.07, 6.45) is 2.18. The van der Waals surface area contributed by atoms with Crippen molar-refractivity contribution in [1.82, 2.24) is 40.0 Å². The average molecular weight is 655 g/mol. The molecule has 0 saturated carbocycles. The summed E-state index contributed by atoms with van der Waals surface area (Å²) in [6, 6.07) is 18.2. The smallest absolute Gasteiger partial charge is 0.274 e. The third-order valence-corrected chi connectivity index (χ3v) is 8.61. The molecule has 0 N–H and O–H groups in total. The number of carbonyl (C=O) groups is 2. The highest BCUT2D eigenvalue weighted by atomic mass is 19.1. The van der Waals surface area contributed by atoms with Crippen LogP contribution in [-0.4, -0.2) is 77.3 Å². The molecule has 14 heteroatoms. The minimum Gasteiger partial charge on any atom is -0.337 e. The molecule has 0 bridgehead atoms. The molecular formula is C34H32F2N8O4. The number of rotatable bonds is 10. The average Bonchev–Trinajstić information content (AvgIpc) is 3.93. The second-order valence-electron chi connectivity index (χ2n) is 12.0. The van der Waals surface area contributed by atoms with Gasteiger partial charge in [-0.3, -0.25) is 9.59 Å². The number of likely N-dealkylation sites (tertiary alicyclic amines) is 2. The number of carbonyl (C=O) groups excluding carboxylic acids is 2. The van der Waals surface area contributed by atoms with Crippen LogP contribution >= 0.6 is 0 Å². The minimum atomic E-state index is -1.29. The van der Waals surface area contributed by atoms with Gasteiger partial charge in [0.05, 0.1) is 25.5 Å². The van der Waals surface area contributed by atoms with Crippen LogP contribution in [0.3, 0.4) is 0 Å². The highest BCUT2D eigenvalue weighted by Crippen LogP contribution is 2.35. The number of amides is 2. The van der Waals surface area contributed by atoms with Crippen molar-refractivity contribution in [3.63, 3.8) is 0 Å². The molecule has 5 aromatic rings. The van der Waals surface area contributed by atoms with Crippen LogP contribution in [0.4, 0.5) is 8.78 Å². The number of aromatic nitrogens is 6. The Morgan fingerprint density at radius 3 is 1.46 bits per heavy atom. The molecule has 48 heavy (non-hydrogen) atoms. The lowest BCUT2D eigenvalue weighted by Gasteiger charge is -2.22. The summed E-state index contributed by atoms with van der Waals surface area (Å²) in [5, 5.41) is 8.07. The van der Waals surface area contributed by atoms with Gasteiger partial charge in [-0.05, 0) is 24.0 Å². The van der Waals surface area contributed by atoms with E-state index in [-0.39, 0.29) is 49.1 Å². The zero-order chi connectivity index (χ0) is 33.0. The third-order valence-electron chi connectivity index (χ3n) is 8.61. The van der Waals surface area contributed by atoms with Crippen LogP contribution in [0.2, 0.25) is 0 Å². The van der Waals surface area contributed by atoms with E-state index in [4.69, 9.17) is 9.05 Å². The van der Waals surface area contributed by atoms with E-state index in [1.807, 2.05) is 60.7 Å². The first-order valence-corrected chi connectivity index (χ1v) is 15.9. The molecule has 2 amide bonds. The zero-order valence-corrected chi connectivity index (χ0v) is 25.9. The first kappa shape index (κ1) is 31.2. The number of hydrogen-bond donors (Lipinski definition) is 0. The lowest BCUT2D eigenvalue weighted by atomic mass is 10.1. The van der Waals surface area contributed by atoms with E-state index in [2.05, 4.69) is 30.2 Å². The Morgan fingerprint density at radius 2 is 1.06 bits per heavy atom. The Balaban J connectivity index is 1.00. The standard InChI is InChI=1S/C34H32F2N8O4/c35-23-15-27(31-39-29(41-47-31)13-11-21-7-3-1-4-8-21)43(19-23)33(45)25-17-38-26(18-37-25)34(46)44-20-24(36)16-28(44)32-40-30(42-48-32)14-12-22-9-5-2-6-10-22/h1-10,17-18,23-24,27-28H,11-16,19-20H2/t23-,24-,27+,28+/m1/s1. The molecule has 5 heterocycles. The zero-order valence-electron chi connectivity index (χ0n) is 25.9. The van der Waals surface area contributed by atoms with Gasteiger partial charge >= 0.3 is 0 Å². The van der Waals surface area contributed by atoms with E-state index in [9.17, 15) is 18.4 Å². The van der Waals surface area contributed by atoms with Crippen LogP contribution < -0.4 is 0 Å². The molecule has 2 aliphatic rings. The first-order valence-electron chi connectivity index (χ1n) is 15.9. The van der Waals surface area contributed by atoms with Gasteiger partial charge in [0.25, 0.3) is 11.8 Å². The summed E-state index contributed by atoms with van der Waals surface area (Å²) in [5.41, 5.74) is 2.06. The molecule has 4 atom stereocenters. The van der Waals surface area contributed by atoms with Crippen molar-refractivity contribution in [2.75, 3.05) is 13.1 Å². The lowest BCUT2D eigenvalue weighted by Crippen LogP contribution is -2.34. The molecule has 2 saturated heterocycles. The Bertz CT molecular complexity index is 1720. The SMILES string of the molecule is O=C(c1cnc(C(=O)N2C[C@H](F)C[C@H]2c2nc(CCc3ccccc3)no2)cn1)N1C[C@H](F)C[C@H]1c1nc(CCc2ccccc2)no1. The molecule has 0 aliphatic carbocycles. The molecule has 246 valence electrons. The van der Waals surface area contributed by atoms with Crippen LogP contribution in [-0.2, 0) is 25.7 Å². The maximum absolute atomic E-state index is 14.6. The maximum Gasteiger partial charge on any atom is 0.274 e. The lowest BCUT2D eigenvalue weighted by molar-refractivity contribution is 0.0683. The summed E-state index contributed by atoms with van der Waals surface area (Å²) >= 11 is 0. The van der Waals surface area contributed by atoms with Crippen molar-refractivity contribution in [1.29, 1.82) is 0 Å². The fraction of sp³-hybridized carbons (Fsp3) is 0.353. The molecule has 7 rings (SSSR count). The van der Waals surface area contributed by atoms with Crippen LogP contribution in [0, 0.1) is 0 Å². The van der Waals surface area contributed by atoms with E-state index in [0.717, 1.165) is 23.5 Å². The highest BCUT2D eigenvalue weighted by Gasteiger charge is 2.42. The van der Waals surface area contributed by atoms with Crippen LogP contribution in [0.25, 0.3) is 0 Å². The monoisotopic (exact) mass is 654 g/mol. The second-order valence-corrected chi connectivity index (χ2v) is 12.0. The van der Waals surface area contributed by atoms with Crippen molar-refractivity contribution in [2.24, 2.45) is 0 Å². The Labute approximate surface area is 274 Å². The van der Waals surface area contributed by atoms with E-state index < -0.39 is 36.2 Å². The Morgan fingerprint density at radius 1 is 0.646 bits per heavy atom. The van der Waals surface area contributed by atoms with Crippen molar-refractivity contribution in [3.05, 3.63) is 119 Å². The Hall–Kier alpha value is -5.40. The van der Waals surface area contributed by atoms with Gasteiger partial charge in [-0.15, -0.1) is 0 Å². The van der Waals surface area contributed by atoms with E-state index in [1.54, 1.807) is 0 Å². The number of benzene rings is 2. The number of hydrogen-bond acceptors (Lipinski definition) is 10. The topological polar surface area (TPSA) is 144 Å². The molecule has 2 aliphatic heterocycles. The van der Waals surface area contributed by atoms with Crippen LogP contribution in [0.5, 0.6) is 0 Å². The summed E-state index contributed by atoms with van der Waals surface area (Å²) in [5.74, 6) is 0.0458. The predicted octanol–water partition coefficient (Wildman–Crippen LogP) is 4.66. The fourth-order valence-corrected chi connectivity index (χ4v) is 6.14. The van der Waals surface area contributed by atoms with Crippen molar-refractivity contribution >= 4 is 11.8 Å². The van der Waals surface area contributed by atoms with Gasteiger partial charge in [-0.2, -0.15) is 9.97 Å². The Kier molecular flexibility index (Phi) is 8.95. The number of alkyl halides is 2. The summed E-state index contributed by atoms with van der Waals surface area (Å²) in [7, 11) is 0. The van der Waals surface area contributed by atoms with Gasteiger partial charge in [0.1, 0.15) is 35.8 Å². The summed E-state index contributed by atoms with van der Waals surface area (Å²) in [6.45, 7) is -0.364. The molecule has 0 unspecified atom stereocenters. The maximum atomic E-state index is 14.6. The van der Waals surface area contributed by atoms with Crippen molar-refractivity contribution in [3.8, 4) is 0 Å².